The number of aliphatic hydroxyl groups is 1. The van der Waals surface area contributed by atoms with Crippen LogP contribution < -0.4 is 10.1 Å². The molecule has 1 unspecified atom stereocenters. The highest BCUT2D eigenvalue weighted by molar-refractivity contribution is 9.10. The molecule has 1 aliphatic heterocycles. The molecule has 4 nitrogen and oxygen atoms in total. The third kappa shape index (κ3) is 2.38. The van der Waals surface area contributed by atoms with Gasteiger partial charge in [-0.1, -0.05) is 15.9 Å². The molecule has 16 heavy (non-hydrogen) atoms. The van der Waals surface area contributed by atoms with Crippen LogP contribution in [0.15, 0.2) is 16.6 Å². The molecule has 0 amide bonds. The van der Waals surface area contributed by atoms with E-state index < -0.39 is 6.10 Å². The van der Waals surface area contributed by atoms with Gasteiger partial charge in [-0.2, -0.15) is 0 Å². The van der Waals surface area contributed by atoms with Gasteiger partial charge < -0.3 is 19.9 Å². The van der Waals surface area contributed by atoms with Gasteiger partial charge in [0, 0.05) is 22.1 Å². The van der Waals surface area contributed by atoms with Gasteiger partial charge in [-0.15, -0.1) is 0 Å². The van der Waals surface area contributed by atoms with E-state index in [1.165, 1.54) is 0 Å². The standard InChI is InChI=1S/C11H14BrNO3/c1-13-4-10(14)9-3-8(12)2-7-5-15-6-16-11(7)9/h2-3,10,13-14H,4-6H2,1H3. The first kappa shape index (κ1) is 11.9. The summed E-state index contributed by atoms with van der Waals surface area (Å²) >= 11 is 3.42. The van der Waals surface area contributed by atoms with Crippen LogP contribution in [-0.2, 0) is 11.3 Å². The van der Waals surface area contributed by atoms with Crippen LogP contribution in [0.5, 0.6) is 5.75 Å². The van der Waals surface area contributed by atoms with Gasteiger partial charge in [0.05, 0.1) is 12.7 Å². The molecule has 0 radical (unpaired) electrons. The van der Waals surface area contributed by atoms with Crippen molar-refractivity contribution >= 4 is 15.9 Å². The Balaban J connectivity index is 2.38. The minimum absolute atomic E-state index is 0.244. The second-order valence-electron chi connectivity index (χ2n) is 3.67. The van der Waals surface area contributed by atoms with Gasteiger partial charge in [-0.05, 0) is 19.2 Å². The summed E-state index contributed by atoms with van der Waals surface area (Å²) in [6.07, 6.45) is -0.575. The van der Waals surface area contributed by atoms with Crippen LogP contribution in [-0.4, -0.2) is 25.5 Å². The lowest BCUT2D eigenvalue weighted by Gasteiger charge is -2.23. The first-order chi connectivity index (χ1) is 7.72. The van der Waals surface area contributed by atoms with Gasteiger partial charge >= 0.3 is 0 Å². The number of ether oxygens (including phenoxy) is 2. The maximum atomic E-state index is 10.00. The van der Waals surface area contributed by atoms with Crippen molar-refractivity contribution in [2.45, 2.75) is 12.7 Å². The summed E-state index contributed by atoms with van der Waals surface area (Å²) in [6.45, 7) is 1.26. The van der Waals surface area contributed by atoms with Gasteiger partial charge in [0.15, 0.2) is 6.79 Å². The van der Waals surface area contributed by atoms with Gasteiger partial charge in [0.25, 0.3) is 0 Å². The molecular weight excluding hydrogens is 274 g/mol. The van der Waals surface area contributed by atoms with Crippen LogP contribution in [0.1, 0.15) is 17.2 Å². The Kier molecular flexibility index (Phi) is 3.81. The molecule has 0 bridgehead atoms. The number of hydrogen-bond acceptors (Lipinski definition) is 4. The van der Waals surface area contributed by atoms with Crippen LogP contribution in [0.3, 0.4) is 0 Å². The van der Waals surface area contributed by atoms with E-state index in [4.69, 9.17) is 9.47 Å². The molecule has 1 aromatic carbocycles. The average Bonchev–Trinajstić information content (AvgIpc) is 2.28. The van der Waals surface area contributed by atoms with Crippen LogP contribution >= 0.6 is 15.9 Å². The molecule has 0 aromatic heterocycles. The van der Waals surface area contributed by atoms with E-state index >= 15 is 0 Å². The van der Waals surface area contributed by atoms with E-state index in [-0.39, 0.29) is 6.79 Å². The molecule has 0 fully saturated rings. The summed E-state index contributed by atoms with van der Waals surface area (Å²) in [4.78, 5) is 0. The van der Waals surface area contributed by atoms with Crippen molar-refractivity contribution in [1.29, 1.82) is 0 Å². The van der Waals surface area contributed by atoms with Gasteiger partial charge in [0.2, 0.25) is 0 Å². The molecule has 88 valence electrons. The Morgan fingerprint density at radius 2 is 2.38 bits per heavy atom. The lowest BCUT2D eigenvalue weighted by atomic mass is 10.0. The maximum Gasteiger partial charge on any atom is 0.189 e. The van der Waals surface area contributed by atoms with Crippen LogP contribution in [0.4, 0.5) is 0 Å². The van der Waals surface area contributed by atoms with Crippen LogP contribution in [0.25, 0.3) is 0 Å². The fraction of sp³-hybridized carbons (Fsp3) is 0.455. The lowest BCUT2D eigenvalue weighted by molar-refractivity contribution is -0.0186. The quantitative estimate of drug-likeness (QED) is 0.886. The normalized spacial score (nSPS) is 16.4. The summed E-state index contributed by atoms with van der Waals surface area (Å²) in [5, 5.41) is 12.9. The smallest absolute Gasteiger partial charge is 0.189 e. The largest absolute Gasteiger partial charge is 0.467 e. The summed E-state index contributed by atoms with van der Waals surface area (Å²) in [5.74, 6) is 0.747. The fourth-order valence-electron chi connectivity index (χ4n) is 1.76. The third-order valence-electron chi connectivity index (χ3n) is 2.46. The Hall–Kier alpha value is -0.620. The van der Waals surface area contributed by atoms with E-state index in [9.17, 15) is 5.11 Å². The number of fused-ring (bicyclic) bond motifs is 1. The van der Waals surface area contributed by atoms with E-state index in [1.54, 1.807) is 7.05 Å². The third-order valence-corrected chi connectivity index (χ3v) is 2.92. The second-order valence-corrected chi connectivity index (χ2v) is 4.58. The monoisotopic (exact) mass is 287 g/mol. The van der Waals surface area contributed by atoms with Crippen molar-refractivity contribution in [3.8, 4) is 5.75 Å². The summed E-state index contributed by atoms with van der Waals surface area (Å²) in [5.41, 5.74) is 1.76. The minimum atomic E-state index is -0.575. The Labute approximate surface area is 103 Å². The number of nitrogens with one attached hydrogen (secondary N) is 1. The Morgan fingerprint density at radius 3 is 3.12 bits per heavy atom. The molecule has 0 aliphatic carbocycles. The van der Waals surface area contributed by atoms with E-state index in [2.05, 4.69) is 21.2 Å². The minimum Gasteiger partial charge on any atom is -0.467 e. The molecule has 0 saturated carbocycles. The molecule has 0 saturated heterocycles. The van der Waals surface area contributed by atoms with Gasteiger partial charge in [-0.3, -0.25) is 0 Å². The first-order valence-corrected chi connectivity index (χ1v) is 5.87. The number of aliphatic hydroxyl groups excluding tert-OH is 1. The number of likely N-dealkylation sites (N-methyl/N-ethyl adjacent to an activating group) is 1. The molecule has 1 aromatic rings. The van der Waals surface area contributed by atoms with Crippen LogP contribution in [0, 0.1) is 0 Å². The highest BCUT2D eigenvalue weighted by Gasteiger charge is 2.20. The van der Waals surface area contributed by atoms with Crippen molar-refractivity contribution < 1.29 is 14.6 Å². The van der Waals surface area contributed by atoms with E-state index in [1.807, 2.05) is 12.1 Å². The molecule has 5 heteroatoms. The second kappa shape index (κ2) is 5.14. The molecule has 2 rings (SSSR count). The first-order valence-electron chi connectivity index (χ1n) is 5.08. The highest BCUT2D eigenvalue weighted by Crippen LogP contribution is 2.35. The van der Waals surface area contributed by atoms with Crippen molar-refractivity contribution in [3.63, 3.8) is 0 Å². The molecular formula is C11H14BrNO3. The zero-order chi connectivity index (χ0) is 11.5. The highest BCUT2D eigenvalue weighted by atomic mass is 79.9. The molecule has 1 atom stereocenters. The topological polar surface area (TPSA) is 50.7 Å². The Bertz CT molecular complexity index is 384. The predicted molar refractivity (Wildman–Crippen MR) is 63.3 cm³/mol. The van der Waals surface area contributed by atoms with E-state index in [0.717, 1.165) is 21.3 Å². The van der Waals surface area contributed by atoms with Crippen molar-refractivity contribution in [3.05, 3.63) is 27.7 Å². The number of benzene rings is 1. The van der Waals surface area contributed by atoms with Crippen molar-refractivity contribution in [2.24, 2.45) is 0 Å². The summed E-state index contributed by atoms with van der Waals surface area (Å²) in [7, 11) is 1.80. The summed E-state index contributed by atoms with van der Waals surface area (Å²) < 4.78 is 11.6. The molecule has 1 aliphatic rings. The number of halogens is 1. The average molecular weight is 288 g/mol. The number of rotatable bonds is 3. The lowest BCUT2D eigenvalue weighted by Crippen LogP contribution is -2.20. The fourth-order valence-corrected chi connectivity index (χ4v) is 2.28. The predicted octanol–water partition coefficient (Wildman–Crippen LogP) is 1.57. The zero-order valence-electron chi connectivity index (χ0n) is 9.00. The summed E-state index contributed by atoms with van der Waals surface area (Å²) in [6, 6.07) is 3.83. The van der Waals surface area contributed by atoms with Gasteiger partial charge in [0.1, 0.15) is 5.75 Å². The van der Waals surface area contributed by atoms with E-state index in [0.29, 0.717) is 13.2 Å². The molecule has 1 heterocycles. The SMILES string of the molecule is CNCC(O)c1cc(Br)cc2c1OCOC2. The molecule has 2 N–H and O–H groups in total. The molecule has 0 spiro atoms. The number of hydrogen-bond donors (Lipinski definition) is 2. The zero-order valence-corrected chi connectivity index (χ0v) is 10.6. The van der Waals surface area contributed by atoms with Crippen molar-refractivity contribution in [1.82, 2.24) is 5.32 Å². The van der Waals surface area contributed by atoms with Crippen molar-refractivity contribution in [2.75, 3.05) is 20.4 Å². The van der Waals surface area contributed by atoms with Crippen LogP contribution in [0.2, 0.25) is 0 Å². The van der Waals surface area contributed by atoms with Gasteiger partial charge in [-0.25, -0.2) is 0 Å². The maximum absolute atomic E-state index is 10.00. The Morgan fingerprint density at radius 1 is 1.56 bits per heavy atom.